The van der Waals surface area contributed by atoms with Crippen molar-refractivity contribution in [3.8, 4) is 22.8 Å². The van der Waals surface area contributed by atoms with Gasteiger partial charge in [-0.2, -0.15) is 9.59 Å². The molecule has 0 aliphatic rings. The Morgan fingerprint density at radius 1 is 0.645 bits per heavy atom. The number of tetrazole rings is 2. The van der Waals surface area contributed by atoms with Crippen LogP contribution in [-0.2, 0) is 0 Å². The summed E-state index contributed by atoms with van der Waals surface area (Å²) in [6.07, 6.45) is 0. The van der Waals surface area contributed by atoms with Crippen molar-refractivity contribution in [2.75, 3.05) is 0 Å². The van der Waals surface area contributed by atoms with E-state index in [0.717, 1.165) is 11.1 Å². The molecule has 0 saturated heterocycles. The summed E-state index contributed by atoms with van der Waals surface area (Å²) in [5.41, 5.74) is 1.65. The monoisotopic (exact) mass is 478 g/mol. The molecule has 0 bridgehead atoms. The molecule has 2 heterocycles. The van der Waals surface area contributed by atoms with Crippen molar-refractivity contribution in [3.05, 3.63) is 57.5 Å². The van der Waals surface area contributed by atoms with Crippen LogP contribution >= 0.6 is 34.8 Å². The van der Waals surface area contributed by atoms with Crippen LogP contribution in [0, 0.1) is 0 Å². The molecule has 0 fully saturated rings. The minimum absolute atomic E-state index is 0.177. The van der Waals surface area contributed by atoms with Crippen molar-refractivity contribution in [3.63, 3.8) is 0 Å². The molecule has 2 aromatic carbocycles. The normalized spacial score (nSPS) is 11.0. The molecular formula is C20H21Cl3N8. The summed E-state index contributed by atoms with van der Waals surface area (Å²) in [6.45, 7) is 7.97. The number of halogens is 3. The minimum atomic E-state index is 0.177. The van der Waals surface area contributed by atoms with Crippen LogP contribution in [0.15, 0.2) is 42.5 Å². The van der Waals surface area contributed by atoms with Gasteiger partial charge in [0, 0.05) is 26.2 Å². The molecule has 0 aliphatic carbocycles. The fraction of sp³-hybridized carbons (Fsp3) is 0.300. The van der Waals surface area contributed by atoms with Gasteiger partial charge in [-0.15, -0.1) is 20.4 Å². The maximum Gasteiger partial charge on any atom is 0.205 e. The lowest BCUT2D eigenvalue weighted by Crippen LogP contribution is -2.04. The molecule has 0 N–H and O–H groups in total. The van der Waals surface area contributed by atoms with Gasteiger partial charge in [0.15, 0.2) is 0 Å². The van der Waals surface area contributed by atoms with Crippen molar-refractivity contribution in [2.45, 2.75) is 39.8 Å². The van der Waals surface area contributed by atoms with Crippen LogP contribution in [0.1, 0.15) is 39.8 Å². The van der Waals surface area contributed by atoms with Gasteiger partial charge in [-0.1, -0.05) is 46.9 Å². The Morgan fingerprint density at radius 2 is 1.13 bits per heavy atom. The van der Waals surface area contributed by atoms with Gasteiger partial charge in [-0.25, -0.2) is 0 Å². The highest BCUT2D eigenvalue weighted by molar-refractivity contribution is 6.35. The summed E-state index contributed by atoms with van der Waals surface area (Å²) in [6, 6.07) is 13.0. The Morgan fingerprint density at radius 3 is 1.58 bits per heavy atom. The van der Waals surface area contributed by atoms with Gasteiger partial charge in [0.25, 0.3) is 0 Å². The zero-order chi connectivity index (χ0) is 22.5. The third kappa shape index (κ3) is 6.22. The van der Waals surface area contributed by atoms with Gasteiger partial charge in [0.05, 0.1) is 12.1 Å². The summed E-state index contributed by atoms with van der Waals surface area (Å²) in [5, 5.41) is 26.1. The molecule has 2 aromatic heterocycles. The maximum atomic E-state index is 5.90. The second kappa shape index (κ2) is 10.2. The van der Waals surface area contributed by atoms with E-state index in [-0.39, 0.29) is 12.1 Å². The molecule has 0 saturated carbocycles. The minimum Gasteiger partial charge on any atom is -0.161 e. The van der Waals surface area contributed by atoms with Crippen LogP contribution < -0.4 is 0 Å². The highest BCUT2D eigenvalue weighted by atomic mass is 35.5. The predicted octanol–water partition coefficient (Wildman–Crippen LogP) is 5.80. The van der Waals surface area contributed by atoms with Gasteiger partial charge < -0.3 is 0 Å². The Hall–Kier alpha value is -2.55. The number of aromatic nitrogens is 8. The molecule has 11 heteroatoms. The van der Waals surface area contributed by atoms with Crippen LogP contribution in [0.2, 0.25) is 15.1 Å². The molecule has 4 rings (SSSR count). The number of hydrogen-bond acceptors (Lipinski definition) is 6. The third-order valence-corrected chi connectivity index (χ3v) is 4.66. The molecule has 0 atom stereocenters. The van der Waals surface area contributed by atoms with E-state index in [4.69, 9.17) is 34.8 Å². The van der Waals surface area contributed by atoms with E-state index >= 15 is 0 Å². The Bertz CT molecular complexity index is 1130. The van der Waals surface area contributed by atoms with E-state index in [2.05, 4.69) is 30.8 Å². The van der Waals surface area contributed by atoms with Crippen molar-refractivity contribution < 1.29 is 0 Å². The SMILES string of the molecule is CC(C)n1nnc(-c2cc(Cl)cc(Cl)c2)n1.CC(C)n1nnc(-c2cccc(Cl)c2)n1. The van der Waals surface area contributed by atoms with E-state index < -0.39 is 0 Å². The average molecular weight is 480 g/mol. The highest BCUT2D eigenvalue weighted by Crippen LogP contribution is 2.24. The van der Waals surface area contributed by atoms with Crippen LogP contribution in [0.3, 0.4) is 0 Å². The third-order valence-electron chi connectivity index (χ3n) is 3.98. The molecule has 8 nitrogen and oxygen atoms in total. The summed E-state index contributed by atoms with van der Waals surface area (Å²) in [7, 11) is 0. The Labute approximate surface area is 195 Å². The second-order valence-corrected chi connectivity index (χ2v) is 8.53. The predicted molar refractivity (Wildman–Crippen MR) is 122 cm³/mol. The number of rotatable bonds is 4. The number of benzene rings is 2. The molecule has 31 heavy (non-hydrogen) atoms. The summed E-state index contributed by atoms with van der Waals surface area (Å²) in [4.78, 5) is 3.13. The summed E-state index contributed by atoms with van der Waals surface area (Å²) in [5.74, 6) is 1.13. The molecule has 0 unspecified atom stereocenters. The molecule has 0 amide bonds. The standard InChI is InChI=1S/C10H10Cl2N4.C10H11ClN4/c1-6(2)16-14-10(13-15-16)7-3-8(11)5-9(12)4-7;1-7(2)15-13-10(12-14-15)8-4-3-5-9(11)6-8/h3-6H,1-2H3;3-7H,1-2H3. The van der Waals surface area contributed by atoms with E-state index in [1.54, 1.807) is 27.8 Å². The Balaban J connectivity index is 0.000000176. The van der Waals surface area contributed by atoms with Gasteiger partial charge in [0.1, 0.15) is 0 Å². The van der Waals surface area contributed by atoms with E-state index in [1.807, 2.05) is 52.0 Å². The molecule has 0 radical (unpaired) electrons. The average Bonchev–Trinajstić information content (AvgIpc) is 3.38. The summed E-state index contributed by atoms with van der Waals surface area (Å²) >= 11 is 17.7. The molecule has 0 spiro atoms. The quantitative estimate of drug-likeness (QED) is 0.367. The number of nitrogens with zero attached hydrogens (tertiary/aromatic N) is 8. The van der Waals surface area contributed by atoms with Crippen LogP contribution in [0.5, 0.6) is 0 Å². The van der Waals surface area contributed by atoms with E-state index in [9.17, 15) is 0 Å². The molecule has 4 aromatic rings. The van der Waals surface area contributed by atoms with Crippen molar-refractivity contribution >= 4 is 34.8 Å². The lowest BCUT2D eigenvalue weighted by molar-refractivity contribution is 0.455. The number of hydrogen-bond donors (Lipinski definition) is 0. The first kappa shape index (κ1) is 23.1. The highest BCUT2D eigenvalue weighted by Gasteiger charge is 2.10. The maximum absolute atomic E-state index is 5.90. The van der Waals surface area contributed by atoms with Crippen molar-refractivity contribution in [2.24, 2.45) is 0 Å². The summed E-state index contributed by atoms with van der Waals surface area (Å²) < 4.78 is 0. The topological polar surface area (TPSA) is 87.2 Å². The van der Waals surface area contributed by atoms with Crippen molar-refractivity contribution in [1.29, 1.82) is 0 Å². The van der Waals surface area contributed by atoms with Crippen molar-refractivity contribution in [1.82, 2.24) is 40.4 Å². The zero-order valence-corrected chi connectivity index (χ0v) is 19.7. The fourth-order valence-electron chi connectivity index (χ4n) is 2.43. The molecule has 162 valence electrons. The fourth-order valence-corrected chi connectivity index (χ4v) is 3.15. The molecule has 0 aliphatic heterocycles. The van der Waals surface area contributed by atoms with Gasteiger partial charge >= 0.3 is 0 Å². The van der Waals surface area contributed by atoms with Crippen LogP contribution in [-0.4, -0.2) is 40.4 Å². The van der Waals surface area contributed by atoms with Gasteiger partial charge in [-0.3, -0.25) is 0 Å². The largest absolute Gasteiger partial charge is 0.205 e. The van der Waals surface area contributed by atoms with Gasteiger partial charge in [-0.05, 0) is 68.5 Å². The van der Waals surface area contributed by atoms with E-state index in [0.29, 0.717) is 26.7 Å². The Kier molecular flexibility index (Phi) is 7.59. The molecular weight excluding hydrogens is 459 g/mol. The van der Waals surface area contributed by atoms with Crippen LogP contribution in [0.4, 0.5) is 0 Å². The lowest BCUT2D eigenvalue weighted by Gasteiger charge is -2.00. The lowest BCUT2D eigenvalue weighted by atomic mass is 10.2. The smallest absolute Gasteiger partial charge is 0.161 e. The first-order valence-corrected chi connectivity index (χ1v) is 10.7. The first-order chi connectivity index (χ1) is 14.7. The second-order valence-electron chi connectivity index (χ2n) is 7.22. The first-order valence-electron chi connectivity index (χ1n) is 9.54. The van der Waals surface area contributed by atoms with E-state index in [1.165, 1.54) is 0 Å². The van der Waals surface area contributed by atoms with Crippen LogP contribution in [0.25, 0.3) is 22.8 Å². The zero-order valence-electron chi connectivity index (χ0n) is 17.4. The van der Waals surface area contributed by atoms with Gasteiger partial charge in [0.2, 0.25) is 11.6 Å².